The summed E-state index contributed by atoms with van der Waals surface area (Å²) in [6, 6.07) is 20.1. The number of benzene rings is 3. The fourth-order valence-electron chi connectivity index (χ4n) is 3.03. The molecule has 4 heteroatoms. The largest absolute Gasteiger partial charge is 0.471 e. The van der Waals surface area contributed by atoms with Gasteiger partial charge < -0.3 is 15.8 Å². The predicted octanol–water partition coefficient (Wildman–Crippen LogP) is 4.63. The van der Waals surface area contributed by atoms with E-state index < -0.39 is 6.23 Å². The summed E-state index contributed by atoms with van der Waals surface area (Å²) in [5.74, 6) is 0.730. The van der Waals surface area contributed by atoms with Crippen LogP contribution in [0.15, 0.2) is 60.7 Å². The Balaban J connectivity index is 1.87. The summed E-state index contributed by atoms with van der Waals surface area (Å²) in [4.78, 5) is 0. The van der Waals surface area contributed by atoms with Crippen molar-refractivity contribution >= 4 is 11.4 Å². The van der Waals surface area contributed by atoms with Gasteiger partial charge in [0.1, 0.15) is 5.75 Å². The van der Waals surface area contributed by atoms with Crippen molar-refractivity contribution in [2.75, 3.05) is 18.1 Å². The number of ether oxygens (including phenoxy) is 1. The normalized spacial score (nSPS) is 11.8. The van der Waals surface area contributed by atoms with Crippen LogP contribution in [0.1, 0.15) is 22.9 Å². The maximum absolute atomic E-state index is 6.32. The molecular formula is C22H25N3O. The first-order chi connectivity index (χ1) is 12.5. The van der Waals surface area contributed by atoms with Gasteiger partial charge in [-0.2, -0.15) is 0 Å². The van der Waals surface area contributed by atoms with E-state index in [2.05, 4.69) is 23.5 Å². The number of nitrogens with two attached hydrogens (primary N) is 2. The van der Waals surface area contributed by atoms with E-state index in [0.29, 0.717) is 5.69 Å². The smallest absolute Gasteiger partial charge is 0.176 e. The third-order valence-electron chi connectivity index (χ3n) is 4.49. The molecule has 0 aliphatic heterocycles. The van der Waals surface area contributed by atoms with Crippen LogP contribution in [0.25, 0.3) is 11.1 Å². The summed E-state index contributed by atoms with van der Waals surface area (Å²) in [7, 11) is 1.90. The summed E-state index contributed by atoms with van der Waals surface area (Å²) >= 11 is 0. The molecule has 1 atom stereocenters. The Kier molecular flexibility index (Phi) is 5.14. The van der Waals surface area contributed by atoms with Crippen molar-refractivity contribution in [2.45, 2.75) is 20.1 Å². The first-order valence-electron chi connectivity index (χ1n) is 8.65. The average Bonchev–Trinajstić information content (AvgIpc) is 2.63. The molecule has 3 rings (SSSR count). The summed E-state index contributed by atoms with van der Waals surface area (Å²) in [6.07, 6.45) is -0.613. The van der Waals surface area contributed by atoms with E-state index in [1.54, 1.807) is 0 Å². The van der Waals surface area contributed by atoms with Crippen LogP contribution in [0, 0.1) is 13.8 Å². The number of rotatable bonds is 5. The van der Waals surface area contributed by atoms with Gasteiger partial charge in [-0.3, -0.25) is 5.73 Å². The van der Waals surface area contributed by atoms with Gasteiger partial charge in [0.05, 0.1) is 0 Å². The minimum atomic E-state index is -0.613. The Morgan fingerprint density at radius 2 is 1.54 bits per heavy atom. The van der Waals surface area contributed by atoms with Crippen LogP contribution >= 0.6 is 0 Å². The van der Waals surface area contributed by atoms with Gasteiger partial charge in [0.15, 0.2) is 6.23 Å². The molecule has 5 N–H and O–H groups in total. The van der Waals surface area contributed by atoms with Crippen LogP contribution in [0.2, 0.25) is 0 Å². The van der Waals surface area contributed by atoms with Gasteiger partial charge in [-0.05, 0) is 60.9 Å². The van der Waals surface area contributed by atoms with Crippen molar-refractivity contribution in [3.05, 3.63) is 77.4 Å². The van der Waals surface area contributed by atoms with Crippen LogP contribution in [-0.4, -0.2) is 7.05 Å². The molecule has 26 heavy (non-hydrogen) atoms. The Bertz CT molecular complexity index is 863. The number of nitrogen functional groups attached to an aromatic ring is 1. The number of hydrogen-bond acceptors (Lipinski definition) is 4. The summed E-state index contributed by atoms with van der Waals surface area (Å²) in [5.41, 5.74) is 19.5. The average molecular weight is 347 g/mol. The SMILES string of the molecule is CNc1ccc(-c2cc(C)c(C(N)Oc3ccc(C)cc3)c(N)c2)cc1. The topological polar surface area (TPSA) is 73.3 Å². The Hall–Kier alpha value is -2.98. The lowest BCUT2D eigenvalue weighted by molar-refractivity contribution is 0.214. The van der Waals surface area contributed by atoms with E-state index in [9.17, 15) is 0 Å². The Labute approximate surface area is 154 Å². The standard InChI is InChI=1S/C22H25N3O/c1-14-4-10-19(11-5-14)26-22(24)21-15(2)12-17(13-20(21)23)16-6-8-18(25-3)9-7-16/h4-13,22,25H,23-24H2,1-3H3. The van der Waals surface area contributed by atoms with E-state index in [-0.39, 0.29) is 0 Å². The summed E-state index contributed by atoms with van der Waals surface area (Å²) in [6.45, 7) is 4.04. The molecule has 4 nitrogen and oxygen atoms in total. The zero-order valence-corrected chi connectivity index (χ0v) is 15.4. The molecule has 0 fully saturated rings. The van der Waals surface area contributed by atoms with Crippen molar-refractivity contribution in [1.29, 1.82) is 0 Å². The van der Waals surface area contributed by atoms with Crippen LogP contribution in [0.4, 0.5) is 11.4 Å². The van der Waals surface area contributed by atoms with Crippen molar-refractivity contribution in [3.63, 3.8) is 0 Å². The quantitative estimate of drug-likeness (QED) is 0.465. The molecular weight excluding hydrogens is 322 g/mol. The van der Waals surface area contributed by atoms with Crippen LogP contribution in [0.3, 0.4) is 0 Å². The molecule has 0 aliphatic carbocycles. The first-order valence-corrected chi connectivity index (χ1v) is 8.65. The lowest BCUT2D eigenvalue weighted by Gasteiger charge is -2.20. The number of nitrogens with one attached hydrogen (secondary N) is 1. The first kappa shape index (κ1) is 17.8. The van der Waals surface area contributed by atoms with Gasteiger partial charge in [0, 0.05) is 24.0 Å². The molecule has 134 valence electrons. The zero-order valence-electron chi connectivity index (χ0n) is 15.4. The van der Waals surface area contributed by atoms with Crippen LogP contribution in [-0.2, 0) is 0 Å². The molecule has 0 amide bonds. The van der Waals surface area contributed by atoms with Crippen molar-refractivity contribution in [2.24, 2.45) is 5.73 Å². The van der Waals surface area contributed by atoms with E-state index in [4.69, 9.17) is 16.2 Å². The second-order valence-corrected chi connectivity index (χ2v) is 6.47. The fraction of sp³-hybridized carbons (Fsp3) is 0.182. The zero-order chi connectivity index (χ0) is 18.7. The number of aryl methyl sites for hydroxylation is 2. The molecule has 0 aliphatic rings. The maximum Gasteiger partial charge on any atom is 0.176 e. The summed E-state index contributed by atoms with van der Waals surface area (Å²) < 4.78 is 5.88. The third kappa shape index (κ3) is 3.81. The number of anilines is 2. The van der Waals surface area contributed by atoms with Gasteiger partial charge >= 0.3 is 0 Å². The monoisotopic (exact) mass is 347 g/mol. The van der Waals surface area contributed by atoms with Gasteiger partial charge in [-0.15, -0.1) is 0 Å². The second kappa shape index (κ2) is 7.50. The lowest BCUT2D eigenvalue weighted by Crippen LogP contribution is -2.20. The molecule has 0 aromatic heterocycles. The third-order valence-corrected chi connectivity index (χ3v) is 4.49. The minimum absolute atomic E-state index is 0.613. The summed E-state index contributed by atoms with van der Waals surface area (Å²) in [5, 5.41) is 3.12. The predicted molar refractivity (Wildman–Crippen MR) is 109 cm³/mol. The Morgan fingerprint density at radius 1 is 0.885 bits per heavy atom. The van der Waals surface area contributed by atoms with Gasteiger partial charge in [0.25, 0.3) is 0 Å². The van der Waals surface area contributed by atoms with E-state index in [0.717, 1.165) is 33.7 Å². The van der Waals surface area contributed by atoms with Crippen molar-refractivity contribution < 1.29 is 4.74 Å². The van der Waals surface area contributed by atoms with Gasteiger partial charge in [-0.1, -0.05) is 35.9 Å². The number of hydrogen-bond donors (Lipinski definition) is 3. The van der Waals surface area contributed by atoms with Gasteiger partial charge in [0.2, 0.25) is 0 Å². The maximum atomic E-state index is 6.32. The van der Waals surface area contributed by atoms with E-state index >= 15 is 0 Å². The van der Waals surface area contributed by atoms with Crippen molar-refractivity contribution in [1.82, 2.24) is 0 Å². The highest BCUT2D eigenvalue weighted by molar-refractivity contribution is 5.72. The molecule has 1 unspecified atom stereocenters. The molecule has 0 heterocycles. The van der Waals surface area contributed by atoms with E-state index in [1.807, 2.05) is 63.4 Å². The fourth-order valence-corrected chi connectivity index (χ4v) is 3.03. The minimum Gasteiger partial charge on any atom is -0.471 e. The van der Waals surface area contributed by atoms with Gasteiger partial charge in [-0.25, -0.2) is 0 Å². The molecule has 3 aromatic carbocycles. The Morgan fingerprint density at radius 3 is 2.12 bits per heavy atom. The van der Waals surface area contributed by atoms with Crippen LogP contribution in [0.5, 0.6) is 5.75 Å². The highest BCUT2D eigenvalue weighted by Crippen LogP contribution is 2.31. The molecule has 0 saturated heterocycles. The highest BCUT2D eigenvalue weighted by Gasteiger charge is 2.16. The molecule has 3 aromatic rings. The molecule has 0 radical (unpaired) electrons. The molecule has 0 bridgehead atoms. The van der Waals surface area contributed by atoms with Crippen LogP contribution < -0.4 is 21.5 Å². The second-order valence-electron chi connectivity index (χ2n) is 6.47. The van der Waals surface area contributed by atoms with E-state index in [1.165, 1.54) is 5.56 Å². The lowest BCUT2D eigenvalue weighted by atomic mass is 9.97. The van der Waals surface area contributed by atoms with Crippen molar-refractivity contribution in [3.8, 4) is 16.9 Å². The highest BCUT2D eigenvalue weighted by atomic mass is 16.5. The molecule has 0 saturated carbocycles. The molecule has 0 spiro atoms.